The molecule has 0 fully saturated rings. The molecule has 2 amide bonds. The van der Waals surface area contributed by atoms with Crippen molar-refractivity contribution in [3.8, 4) is 17.2 Å². The maximum Gasteiger partial charge on any atom is 0.273 e. The Hall–Kier alpha value is -3.48. The van der Waals surface area contributed by atoms with Crippen LogP contribution in [0.5, 0.6) is 17.2 Å². The van der Waals surface area contributed by atoms with E-state index in [0.717, 1.165) is 12.0 Å². The van der Waals surface area contributed by atoms with Crippen LogP contribution in [0.15, 0.2) is 48.5 Å². The third-order valence-electron chi connectivity index (χ3n) is 3.73. The van der Waals surface area contributed by atoms with Gasteiger partial charge < -0.3 is 14.2 Å². The zero-order valence-electron chi connectivity index (χ0n) is 16.2. The lowest BCUT2D eigenvalue weighted by Crippen LogP contribution is -2.40. The van der Waals surface area contributed by atoms with Gasteiger partial charge in [0.05, 0.1) is 26.4 Å². The number of ether oxygens (including phenoxy) is 3. The van der Waals surface area contributed by atoms with Crippen LogP contribution in [0.1, 0.15) is 29.3 Å². The van der Waals surface area contributed by atoms with Crippen molar-refractivity contribution in [1.82, 2.24) is 10.9 Å². The number of nitrogens with one attached hydrogen (secondary N) is 2. The minimum Gasteiger partial charge on any atom is -0.493 e. The van der Waals surface area contributed by atoms with Crippen LogP contribution in [0.25, 0.3) is 6.08 Å². The van der Waals surface area contributed by atoms with E-state index in [1.165, 1.54) is 13.2 Å². The largest absolute Gasteiger partial charge is 0.493 e. The molecule has 0 bridgehead atoms. The number of carbonyl (C=O) groups excluding carboxylic acids is 2. The number of para-hydroxylation sites is 1. The van der Waals surface area contributed by atoms with Crippen molar-refractivity contribution in [2.75, 3.05) is 20.8 Å². The molecule has 0 aliphatic rings. The molecule has 0 aliphatic carbocycles. The van der Waals surface area contributed by atoms with Gasteiger partial charge in [-0.2, -0.15) is 0 Å². The van der Waals surface area contributed by atoms with E-state index < -0.39 is 11.8 Å². The zero-order chi connectivity index (χ0) is 20.4. The molecule has 2 rings (SSSR count). The van der Waals surface area contributed by atoms with E-state index in [4.69, 9.17) is 14.2 Å². The minimum atomic E-state index is -0.477. The Morgan fingerprint density at radius 1 is 0.964 bits per heavy atom. The highest BCUT2D eigenvalue weighted by Gasteiger charge is 2.12. The first-order valence-electron chi connectivity index (χ1n) is 8.81. The number of benzene rings is 2. The average molecular weight is 384 g/mol. The van der Waals surface area contributed by atoms with Gasteiger partial charge >= 0.3 is 0 Å². The highest BCUT2D eigenvalue weighted by Crippen LogP contribution is 2.27. The second kappa shape index (κ2) is 10.6. The summed E-state index contributed by atoms with van der Waals surface area (Å²) < 4.78 is 15.9. The van der Waals surface area contributed by atoms with Crippen molar-refractivity contribution >= 4 is 17.9 Å². The minimum absolute atomic E-state index is 0.347. The Kier molecular flexibility index (Phi) is 7.90. The maximum absolute atomic E-state index is 12.3. The van der Waals surface area contributed by atoms with Gasteiger partial charge in [0.1, 0.15) is 5.75 Å². The van der Waals surface area contributed by atoms with Gasteiger partial charge in [0, 0.05) is 6.08 Å². The van der Waals surface area contributed by atoms with Crippen LogP contribution in [0, 0.1) is 0 Å². The maximum atomic E-state index is 12.3. The number of hydrazine groups is 1. The number of carbonyl (C=O) groups is 2. The smallest absolute Gasteiger partial charge is 0.273 e. The first-order chi connectivity index (χ1) is 13.6. The molecule has 2 N–H and O–H groups in total. The summed E-state index contributed by atoms with van der Waals surface area (Å²) >= 11 is 0. The summed E-state index contributed by atoms with van der Waals surface area (Å²) in [6.45, 7) is 2.48. The van der Waals surface area contributed by atoms with Crippen LogP contribution < -0.4 is 25.1 Å². The van der Waals surface area contributed by atoms with Gasteiger partial charge in [-0.15, -0.1) is 0 Å². The van der Waals surface area contributed by atoms with Crippen LogP contribution in [0.4, 0.5) is 0 Å². The topological polar surface area (TPSA) is 85.9 Å². The monoisotopic (exact) mass is 384 g/mol. The molecular formula is C21H24N2O5. The number of hydrogen-bond donors (Lipinski definition) is 2. The molecule has 0 radical (unpaired) electrons. The summed E-state index contributed by atoms with van der Waals surface area (Å²) in [5.74, 6) is 0.689. The Balaban J connectivity index is 1.95. The fraction of sp³-hybridized carbons (Fsp3) is 0.238. The molecule has 0 saturated carbocycles. The molecule has 148 valence electrons. The highest BCUT2D eigenvalue weighted by molar-refractivity contribution is 5.99. The quantitative estimate of drug-likeness (QED) is 0.540. The lowest BCUT2D eigenvalue weighted by molar-refractivity contribution is -0.117. The van der Waals surface area contributed by atoms with E-state index in [1.54, 1.807) is 55.7 Å². The summed E-state index contributed by atoms with van der Waals surface area (Å²) in [4.78, 5) is 24.3. The number of amides is 2. The molecule has 0 aliphatic heterocycles. The molecule has 0 atom stereocenters. The van der Waals surface area contributed by atoms with Crippen LogP contribution >= 0.6 is 0 Å². The van der Waals surface area contributed by atoms with E-state index >= 15 is 0 Å². The second-order valence-electron chi connectivity index (χ2n) is 5.74. The lowest BCUT2D eigenvalue weighted by Gasteiger charge is -2.11. The fourth-order valence-corrected chi connectivity index (χ4v) is 2.35. The Bertz CT molecular complexity index is 848. The fourth-order valence-electron chi connectivity index (χ4n) is 2.35. The van der Waals surface area contributed by atoms with Crippen molar-refractivity contribution < 1.29 is 23.8 Å². The van der Waals surface area contributed by atoms with E-state index in [9.17, 15) is 9.59 Å². The summed E-state index contributed by atoms with van der Waals surface area (Å²) in [6, 6.07) is 12.1. The molecule has 0 unspecified atom stereocenters. The van der Waals surface area contributed by atoms with E-state index in [-0.39, 0.29) is 0 Å². The van der Waals surface area contributed by atoms with E-state index in [1.807, 2.05) is 6.92 Å². The summed E-state index contributed by atoms with van der Waals surface area (Å²) in [5.41, 5.74) is 5.82. The second-order valence-corrected chi connectivity index (χ2v) is 5.74. The van der Waals surface area contributed by atoms with Crippen molar-refractivity contribution in [1.29, 1.82) is 0 Å². The van der Waals surface area contributed by atoms with Gasteiger partial charge in [-0.3, -0.25) is 20.4 Å². The summed E-state index contributed by atoms with van der Waals surface area (Å²) in [7, 11) is 3.09. The van der Waals surface area contributed by atoms with Crippen LogP contribution in [-0.2, 0) is 4.79 Å². The standard InChI is InChI=1S/C21H24N2O5/c1-4-13-28-17-8-6-5-7-16(17)21(25)23-22-20(24)12-10-15-9-11-18(26-2)19(14-15)27-3/h5-12,14H,4,13H2,1-3H3,(H,22,24)(H,23,25). The normalized spacial score (nSPS) is 10.4. The van der Waals surface area contributed by atoms with Crippen LogP contribution in [-0.4, -0.2) is 32.6 Å². The van der Waals surface area contributed by atoms with Crippen molar-refractivity contribution in [2.45, 2.75) is 13.3 Å². The highest BCUT2D eigenvalue weighted by atomic mass is 16.5. The molecule has 0 saturated heterocycles. The van der Waals surface area contributed by atoms with Gasteiger partial charge in [-0.25, -0.2) is 0 Å². The van der Waals surface area contributed by atoms with Crippen LogP contribution in [0.2, 0.25) is 0 Å². The number of methoxy groups -OCH3 is 2. The van der Waals surface area contributed by atoms with Gasteiger partial charge in [-0.05, 0) is 42.3 Å². The van der Waals surface area contributed by atoms with Gasteiger partial charge in [-0.1, -0.05) is 25.1 Å². The summed E-state index contributed by atoms with van der Waals surface area (Å²) in [5, 5.41) is 0. The third kappa shape index (κ3) is 5.77. The lowest BCUT2D eigenvalue weighted by atomic mass is 10.2. The first-order valence-corrected chi connectivity index (χ1v) is 8.81. The molecule has 2 aromatic rings. The summed E-state index contributed by atoms with van der Waals surface area (Å²) in [6.07, 6.45) is 3.73. The average Bonchev–Trinajstić information content (AvgIpc) is 2.74. The predicted octanol–water partition coefficient (Wildman–Crippen LogP) is 2.97. The Morgan fingerprint density at radius 3 is 2.43 bits per heavy atom. The SMILES string of the molecule is CCCOc1ccccc1C(=O)NNC(=O)C=Cc1ccc(OC)c(OC)c1. The van der Waals surface area contributed by atoms with Crippen molar-refractivity contribution in [3.05, 3.63) is 59.7 Å². The van der Waals surface area contributed by atoms with Crippen molar-refractivity contribution in [2.24, 2.45) is 0 Å². The third-order valence-corrected chi connectivity index (χ3v) is 3.73. The Morgan fingerprint density at radius 2 is 1.71 bits per heavy atom. The number of rotatable bonds is 8. The van der Waals surface area contributed by atoms with Gasteiger partial charge in [0.25, 0.3) is 11.8 Å². The zero-order valence-corrected chi connectivity index (χ0v) is 16.2. The molecule has 28 heavy (non-hydrogen) atoms. The predicted molar refractivity (Wildman–Crippen MR) is 106 cm³/mol. The molecule has 0 aromatic heterocycles. The molecule has 0 spiro atoms. The first kappa shape index (κ1) is 20.8. The van der Waals surface area contributed by atoms with Gasteiger partial charge in [0.15, 0.2) is 11.5 Å². The molecule has 2 aromatic carbocycles. The number of hydrogen-bond acceptors (Lipinski definition) is 5. The van der Waals surface area contributed by atoms with E-state index in [0.29, 0.717) is 29.4 Å². The van der Waals surface area contributed by atoms with Crippen molar-refractivity contribution in [3.63, 3.8) is 0 Å². The van der Waals surface area contributed by atoms with Crippen LogP contribution in [0.3, 0.4) is 0 Å². The van der Waals surface area contributed by atoms with E-state index in [2.05, 4.69) is 10.9 Å². The molecule has 7 nitrogen and oxygen atoms in total. The Labute approximate surface area is 164 Å². The molecule has 7 heteroatoms. The molecule has 0 heterocycles. The molecular weight excluding hydrogens is 360 g/mol. The van der Waals surface area contributed by atoms with Gasteiger partial charge in [0.2, 0.25) is 0 Å².